The first-order chi connectivity index (χ1) is 30.1. The molecule has 2 aromatic heterocycles. The number of sulfonamides is 2. The Morgan fingerprint density at radius 3 is 1.19 bits per heavy atom. The lowest BCUT2D eigenvalue weighted by Gasteiger charge is -2.36. The Kier molecular flexibility index (Phi) is 17.3. The third-order valence-electron chi connectivity index (χ3n) is 11.2. The van der Waals surface area contributed by atoms with E-state index in [9.17, 15) is 27.0 Å². The zero-order chi connectivity index (χ0) is 47.0. The summed E-state index contributed by atoms with van der Waals surface area (Å²) in [4.78, 5) is 4.32. The Hall–Kier alpha value is -3.78. The van der Waals surface area contributed by atoms with E-state index in [4.69, 9.17) is 9.47 Å². The van der Waals surface area contributed by atoms with Crippen LogP contribution < -0.4 is 9.80 Å². The summed E-state index contributed by atoms with van der Waals surface area (Å²) in [7, 11) is -3.59. The second kappa shape index (κ2) is 21.7. The minimum atomic E-state index is -3.45. The number of anilines is 2. The second-order valence-corrected chi connectivity index (χ2v) is 23.8. The Balaban J connectivity index is 0.000000241. The van der Waals surface area contributed by atoms with E-state index in [1.165, 1.54) is 22.7 Å². The van der Waals surface area contributed by atoms with Crippen LogP contribution in [0.1, 0.15) is 77.6 Å². The van der Waals surface area contributed by atoms with E-state index in [1.807, 2.05) is 36.4 Å². The van der Waals surface area contributed by atoms with Gasteiger partial charge in [-0.1, -0.05) is 75.6 Å². The van der Waals surface area contributed by atoms with Crippen molar-refractivity contribution in [3.05, 3.63) is 93.7 Å². The maximum atomic E-state index is 12.8. The van der Waals surface area contributed by atoms with Gasteiger partial charge in [0.2, 0.25) is 0 Å². The predicted octanol–water partition coefficient (Wildman–Crippen LogP) is 7.02. The van der Waals surface area contributed by atoms with Crippen molar-refractivity contribution in [3.8, 4) is 23.7 Å². The molecule has 4 aromatic rings. The smallest absolute Gasteiger partial charge is 0.252 e. The molecule has 2 N–H and O–H groups in total. The highest BCUT2D eigenvalue weighted by molar-refractivity contribution is 7.91. The molecule has 16 heteroatoms. The quantitative estimate of drug-likeness (QED) is 0.143. The largest absolute Gasteiger partial charge is 0.386 e. The molecule has 2 saturated heterocycles. The molecule has 0 radical (unpaired) electrons. The Morgan fingerprint density at radius 1 is 0.578 bits per heavy atom. The van der Waals surface area contributed by atoms with E-state index < -0.39 is 31.2 Å². The van der Waals surface area contributed by atoms with Crippen molar-refractivity contribution in [1.82, 2.24) is 8.61 Å². The lowest BCUT2D eigenvalue weighted by molar-refractivity contribution is 0.0780. The maximum absolute atomic E-state index is 12.8. The second-order valence-electron chi connectivity index (χ2n) is 17.6. The Labute approximate surface area is 389 Å². The molecule has 2 aliphatic heterocycles. The van der Waals surface area contributed by atoms with Crippen molar-refractivity contribution in [3.63, 3.8) is 0 Å². The summed E-state index contributed by atoms with van der Waals surface area (Å²) in [5, 5.41) is 24.5. The first-order valence-electron chi connectivity index (χ1n) is 21.5. The van der Waals surface area contributed by atoms with Gasteiger partial charge in [-0.25, -0.2) is 16.8 Å². The molecule has 12 nitrogen and oxygen atoms in total. The molecule has 2 aromatic carbocycles. The molecule has 64 heavy (non-hydrogen) atoms. The number of ether oxygens (including phenoxy) is 2. The molecular formula is C48H64N4O8S4. The van der Waals surface area contributed by atoms with Crippen LogP contribution in [0.4, 0.5) is 11.4 Å². The summed E-state index contributed by atoms with van der Waals surface area (Å²) in [6, 6.07) is 18.4. The summed E-state index contributed by atoms with van der Waals surface area (Å²) >= 11 is 2.49. The number of hydrogen-bond acceptors (Lipinski definition) is 12. The third-order valence-corrected chi connectivity index (χ3v) is 17.7. The zero-order valence-corrected chi connectivity index (χ0v) is 41.9. The molecule has 0 unspecified atom stereocenters. The number of benzene rings is 2. The highest BCUT2D eigenvalue weighted by Gasteiger charge is 2.32. The van der Waals surface area contributed by atoms with Gasteiger partial charge in [-0.15, -0.1) is 22.7 Å². The van der Waals surface area contributed by atoms with E-state index in [0.717, 1.165) is 33.6 Å². The fraction of sp³-hybridized carbons (Fsp3) is 0.500. The average Bonchev–Trinajstić information content (AvgIpc) is 4.01. The number of methoxy groups -OCH3 is 2. The minimum Gasteiger partial charge on any atom is -0.386 e. The van der Waals surface area contributed by atoms with Crippen molar-refractivity contribution in [2.24, 2.45) is 11.8 Å². The number of aliphatic hydroxyl groups is 2. The molecule has 0 saturated carbocycles. The van der Waals surface area contributed by atoms with Crippen LogP contribution in [0.15, 0.2) is 79.8 Å². The molecule has 0 aliphatic carbocycles. The lowest BCUT2D eigenvalue weighted by atomic mass is 9.95. The summed E-state index contributed by atoms with van der Waals surface area (Å²) in [5.41, 5.74) is 3.09. The van der Waals surface area contributed by atoms with Gasteiger partial charge in [-0.2, -0.15) is 8.61 Å². The molecule has 2 fully saturated rings. The summed E-state index contributed by atoms with van der Waals surface area (Å²) < 4.78 is 66.2. The molecule has 4 heterocycles. The van der Waals surface area contributed by atoms with Gasteiger partial charge in [0.05, 0.1) is 22.6 Å². The van der Waals surface area contributed by atoms with Crippen LogP contribution in [-0.4, -0.2) is 114 Å². The van der Waals surface area contributed by atoms with Crippen molar-refractivity contribution in [2.75, 3.05) is 76.4 Å². The molecular weight excluding hydrogens is 889 g/mol. The Bertz CT molecular complexity index is 2310. The van der Waals surface area contributed by atoms with E-state index in [2.05, 4.69) is 61.2 Å². The molecule has 2 aliphatic rings. The number of nitrogens with zero attached hydrogens (tertiary/aromatic N) is 4. The maximum Gasteiger partial charge on any atom is 0.252 e. The molecule has 0 bridgehead atoms. The fourth-order valence-electron chi connectivity index (χ4n) is 7.29. The lowest BCUT2D eigenvalue weighted by Crippen LogP contribution is -2.48. The van der Waals surface area contributed by atoms with E-state index in [1.54, 1.807) is 85.6 Å². The first kappa shape index (κ1) is 51.2. The van der Waals surface area contributed by atoms with Gasteiger partial charge >= 0.3 is 0 Å². The standard InChI is InChI=1S/2C24H32N2O4S2/c2*1-18(2)22(30-5)11-8-19-17-20(24(3,4)27)9-10-21(19)25-12-14-26(15-13-25)32(28,29)23-7-6-16-31-23/h2*6-7,9-10,16-18,22,27H,12-15H2,1-5H3/t2*22-/m10/s1. The van der Waals surface area contributed by atoms with Crippen LogP contribution in [-0.2, 0) is 40.7 Å². The van der Waals surface area contributed by atoms with Crippen molar-refractivity contribution < 1.29 is 36.5 Å². The summed E-state index contributed by atoms with van der Waals surface area (Å²) in [6.07, 6.45) is -0.386. The normalized spacial score (nSPS) is 16.7. The van der Waals surface area contributed by atoms with Crippen LogP contribution in [0.25, 0.3) is 0 Å². The van der Waals surface area contributed by atoms with Gasteiger partial charge in [0, 0.05) is 77.7 Å². The average molecular weight is 953 g/mol. The number of piperazine rings is 2. The van der Waals surface area contributed by atoms with Crippen molar-refractivity contribution in [1.29, 1.82) is 0 Å². The van der Waals surface area contributed by atoms with Gasteiger partial charge in [0.25, 0.3) is 20.0 Å². The molecule has 0 spiro atoms. The SMILES string of the molecule is CO[C@@H](C#Cc1cc(C(C)(C)O)ccc1N1CCN(S(=O)(=O)c2cccs2)CC1)C(C)C.CO[C@H](C#Cc1cc(C(C)(C)O)ccc1N1CCN(S(=O)(=O)c2cccs2)CC1)C(C)C. The van der Waals surface area contributed by atoms with Gasteiger partial charge in [-0.3, -0.25) is 0 Å². The molecule has 348 valence electrons. The minimum absolute atomic E-state index is 0.193. The van der Waals surface area contributed by atoms with Crippen LogP contribution >= 0.6 is 22.7 Å². The first-order valence-corrected chi connectivity index (χ1v) is 26.1. The monoisotopic (exact) mass is 952 g/mol. The zero-order valence-electron chi connectivity index (χ0n) is 38.7. The highest BCUT2D eigenvalue weighted by Crippen LogP contribution is 2.32. The molecule has 0 amide bonds. The van der Waals surface area contributed by atoms with Crippen LogP contribution in [0.5, 0.6) is 0 Å². The number of thiophene rings is 2. The van der Waals surface area contributed by atoms with Crippen LogP contribution in [0.2, 0.25) is 0 Å². The van der Waals surface area contributed by atoms with Crippen molar-refractivity contribution in [2.45, 2.75) is 87.2 Å². The van der Waals surface area contributed by atoms with E-state index in [0.29, 0.717) is 60.8 Å². The van der Waals surface area contributed by atoms with E-state index >= 15 is 0 Å². The topological polar surface area (TPSA) is 140 Å². The van der Waals surface area contributed by atoms with Gasteiger partial charge < -0.3 is 29.5 Å². The highest BCUT2D eigenvalue weighted by atomic mass is 32.3. The molecule has 2 atom stereocenters. The van der Waals surface area contributed by atoms with Crippen molar-refractivity contribution >= 4 is 54.1 Å². The predicted molar refractivity (Wildman–Crippen MR) is 259 cm³/mol. The number of rotatable bonds is 12. The van der Waals surface area contributed by atoms with Crippen LogP contribution in [0.3, 0.4) is 0 Å². The summed E-state index contributed by atoms with van der Waals surface area (Å²) in [6.45, 7) is 19.2. The Morgan fingerprint density at radius 2 is 0.922 bits per heavy atom. The fourth-order valence-corrected chi connectivity index (χ4v) is 12.4. The third kappa shape index (κ3) is 12.8. The summed E-state index contributed by atoms with van der Waals surface area (Å²) in [5.74, 6) is 13.4. The van der Waals surface area contributed by atoms with Crippen LogP contribution in [0, 0.1) is 35.5 Å². The van der Waals surface area contributed by atoms with Gasteiger partial charge in [0.1, 0.15) is 20.6 Å². The van der Waals surface area contributed by atoms with Gasteiger partial charge in [-0.05, 0) is 97.8 Å². The number of hydrogen-bond donors (Lipinski definition) is 2. The van der Waals surface area contributed by atoms with Gasteiger partial charge in [0.15, 0.2) is 0 Å². The van der Waals surface area contributed by atoms with E-state index in [-0.39, 0.29) is 24.0 Å². The molecule has 6 rings (SSSR count).